The van der Waals surface area contributed by atoms with Crippen molar-refractivity contribution >= 4 is 33.4 Å². The van der Waals surface area contributed by atoms with E-state index < -0.39 is 39.2 Å². The highest BCUT2D eigenvalue weighted by molar-refractivity contribution is 7.89. The Hall–Kier alpha value is -3.84. The third kappa shape index (κ3) is 6.07. The van der Waals surface area contributed by atoms with Gasteiger partial charge < -0.3 is 5.32 Å². The van der Waals surface area contributed by atoms with Crippen LogP contribution in [0.15, 0.2) is 53.4 Å². The number of amides is 3. The molecule has 0 aliphatic heterocycles. The van der Waals surface area contributed by atoms with Gasteiger partial charge in [-0.3, -0.25) is 35.3 Å². The van der Waals surface area contributed by atoms with Crippen molar-refractivity contribution in [3.05, 3.63) is 69.8 Å². The van der Waals surface area contributed by atoms with E-state index in [9.17, 15) is 32.9 Å². The van der Waals surface area contributed by atoms with Crippen LogP contribution in [-0.4, -0.2) is 56.0 Å². The summed E-state index contributed by atoms with van der Waals surface area (Å²) >= 11 is 0. The zero-order valence-electron chi connectivity index (χ0n) is 16.5. The van der Waals surface area contributed by atoms with Gasteiger partial charge in [0.25, 0.3) is 23.4 Å². The second-order valence-corrected chi connectivity index (χ2v) is 8.46. The lowest BCUT2D eigenvalue weighted by molar-refractivity contribution is -0.384. The lowest BCUT2D eigenvalue weighted by Gasteiger charge is -2.12. The van der Waals surface area contributed by atoms with Crippen molar-refractivity contribution < 1.29 is 27.7 Å². The molecule has 0 saturated heterocycles. The first-order valence-electron chi connectivity index (χ1n) is 8.67. The molecule has 3 N–H and O–H groups in total. The summed E-state index contributed by atoms with van der Waals surface area (Å²) in [5.74, 6) is -2.16. The molecule has 0 aliphatic carbocycles. The molecule has 12 nitrogen and oxygen atoms in total. The van der Waals surface area contributed by atoms with Crippen LogP contribution in [0.25, 0.3) is 0 Å². The third-order valence-corrected chi connectivity index (χ3v) is 5.77. The Kier molecular flexibility index (Phi) is 7.39. The van der Waals surface area contributed by atoms with E-state index in [1.807, 2.05) is 0 Å². The molecule has 0 radical (unpaired) electrons. The number of nitrogens with zero attached hydrogens (tertiary/aromatic N) is 2. The van der Waals surface area contributed by atoms with Crippen LogP contribution in [0.5, 0.6) is 0 Å². The minimum Gasteiger partial charge on any atom is -0.343 e. The SMILES string of the molecule is CN(C)S(=O)(=O)c1ccc(C(=O)NCC(=O)NNC(=O)c2cccc([N+](=O)[O-])c2)cc1. The van der Waals surface area contributed by atoms with Crippen molar-refractivity contribution in [2.24, 2.45) is 0 Å². The number of carbonyl (C=O) groups excluding carboxylic acids is 3. The number of carbonyl (C=O) groups is 3. The lowest BCUT2D eigenvalue weighted by Crippen LogP contribution is -2.46. The molecule has 0 aliphatic rings. The fourth-order valence-corrected chi connectivity index (χ4v) is 3.16. The normalized spacial score (nSPS) is 10.9. The second-order valence-electron chi connectivity index (χ2n) is 6.30. The summed E-state index contributed by atoms with van der Waals surface area (Å²) < 4.78 is 25.1. The Morgan fingerprint density at radius 1 is 0.968 bits per heavy atom. The fraction of sp³-hybridized carbons (Fsp3) is 0.167. The molecule has 13 heteroatoms. The number of non-ortho nitro benzene ring substituents is 1. The number of hydrogen-bond donors (Lipinski definition) is 3. The molecule has 0 heterocycles. The quantitative estimate of drug-likeness (QED) is 0.396. The predicted molar refractivity (Wildman–Crippen MR) is 108 cm³/mol. The summed E-state index contributed by atoms with van der Waals surface area (Å²) in [6.45, 7) is -0.480. The summed E-state index contributed by atoms with van der Waals surface area (Å²) in [6, 6.07) is 10.0. The Morgan fingerprint density at radius 2 is 1.61 bits per heavy atom. The zero-order valence-corrected chi connectivity index (χ0v) is 17.3. The van der Waals surface area contributed by atoms with Gasteiger partial charge in [0.1, 0.15) is 0 Å². The van der Waals surface area contributed by atoms with E-state index in [0.717, 1.165) is 10.4 Å². The Balaban J connectivity index is 1.87. The fourth-order valence-electron chi connectivity index (χ4n) is 2.26. The Morgan fingerprint density at radius 3 is 2.19 bits per heavy atom. The highest BCUT2D eigenvalue weighted by Crippen LogP contribution is 2.14. The molecule has 0 atom stereocenters. The number of benzene rings is 2. The molecule has 2 aromatic carbocycles. The molecule has 164 valence electrons. The van der Waals surface area contributed by atoms with Gasteiger partial charge in [-0.05, 0) is 30.3 Å². The van der Waals surface area contributed by atoms with Crippen LogP contribution < -0.4 is 16.2 Å². The average molecular weight is 449 g/mol. The first kappa shape index (κ1) is 23.4. The van der Waals surface area contributed by atoms with Crippen LogP contribution in [0, 0.1) is 10.1 Å². The topological polar surface area (TPSA) is 168 Å². The van der Waals surface area contributed by atoms with Crippen LogP contribution in [-0.2, 0) is 14.8 Å². The zero-order chi connectivity index (χ0) is 23.2. The van der Waals surface area contributed by atoms with Gasteiger partial charge >= 0.3 is 0 Å². The molecule has 0 unspecified atom stereocenters. The van der Waals surface area contributed by atoms with Crippen LogP contribution in [0.4, 0.5) is 5.69 Å². The monoisotopic (exact) mass is 449 g/mol. The third-order valence-electron chi connectivity index (χ3n) is 3.94. The number of nitro groups is 1. The highest BCUT2D eigenvalue weighted by Gasteiger charge is 2.18. The largest absolute Gasteiger partial charge is 0.343 e. The second kappa shape index (κ2) is 9.77. The van der Waals surface area contributed by atoms with Crippen LogP contribution in [0.3, 0.4) is 0 Å². The molecule has 0 aromatic heterocycles. The summed E-state index contributed by atoms with van der Waals surface area (Å²) in [5, 5.41) is 13.1. The van der Waals surface area contributed by atoms with E-state index in [1.165, 1.54) is 56.6 Å². The Labute approximate surface area is 177 Å². The summed E-state index contributed by atoms with van der Waals surface area (Å²) in [7, 11) is -0.868. The number of nitro benzene ring substituents is 1. The van der Waals surface area contributed by atoms with Gasteiger partial charge in [-0.15, -0.1) is 0 Å². The van der Waals surface area contributed by atoms with Crippen LogP contribution in [0.1, 0.15) is 20.7 Å². The van der Waals surface area contributed by atoms with Crippen molar-refractivity contribution in [3.8, 4) is 0 Å². The molecule has 3 amide bonds. The number of sulfonamides is 1. The molecular weight excluding hydrogens is 430 g/mol. The molecule has 0 fully saturated rings. The van der Waals surface area contributed by atoms with Gasteiger partial charge in [0.05, 0.1) is 16.4 Å². The minimum atomic E-state index is -3.63. The van der Waals surface area contributed by atoms with Crippen molar-refractivity contribution in [2.45, 2.75) is 4.90 Å². The molecule has 0 saturated carbocycles. The average Bonchev–Trinajstić information content (AvgIpc) is 2.75. The van der Waals surface area contributed by atoms with Crippen LogP contribution in [0.2, 0.25) is 0 Å². The minimum absolute atomic E-state index is 0.00986. The first-order valence-corrected chi connectivity index (χ1v) is 10.1. The molecule has 0 bridgehead atoms. The number of hydrogen-bond acceptors (Lipinski definition) is 7. The summed E-state index contributed by atoms with van der Waals surface area (Å²) in [4.78, 5) is 46.0. The maximum absolute atomic E-state index is 12.1. The van der Waals surface area contributed by atoms with E-state index in [1.54, 1.807) is 0 Å². The van der Waals surface area contributed by atoms with Crippen molar-refractivity contribution in [1.29, 1.82) is 0 Å². The first-order chi connectivity index (χ1) is 14.5. The van der Waals surface area contributed by atoms with E-state index >= 15 is 0 Å². The van der Waals surface area contributed by atoms with E-state index in [0.29, 0.717) is 0 Å². The maximum atomic E-state index is 12.1. The highest BCUT2D eigenvalue weighted by atomic mass is 32.2. The number of rotatable bonds is 7. The molecule has 2 aromatic rings. The Bertz CT molecular complexity index is 1110. The lowest BCUT2D eigenvalue weighted by atomic mass is 10.2. The van der Waals surface area contributed by atoms with Crippen molar-refractivity contribution in [2.75, 3.05) is 20.6 Å². The molecule has 2 rings (SSSR count). The molecular formula is C18H19N5O7S. The van der Waals surface area contributed by atoms with E-state index in [-0.39, 0.29) is 21.7 Å². The van der Waals surface area contributed by atoms with E-state index in [2.05, 4.69) is 16.2 Å². The van der Waals surface area contributed by atoms with Crippen molar-refractivity contribution in [3.63, 3.8) is 0 Å². The smallest absolute Gasteiger partial charge is 0.270 e. The van der Waals surface area contributed by atoms with Crippen molar-refractivity contribution in [1.82, 2.24) is 20.5 Å². The number of nitrogens with one attached hydrogen (secondary N) is 3. The molecule has 31 heavy (non-hydrogen) atoms. The summed E-state index contributed by atoms with van der Waals surface area (Å²) in [6.07, 6.45) is 0. The van der Waals surface area contributed by atoms with Gasteiger partial charge in [-0.1, -0.05) is 6.07 Å². The van der Waals surface area contributed by atoms with Gasteiger partial charge in [-0.2, -0.15) is 0 Å². The van der Waals surface area contributed by atoms with Gasteiger partial charge in [0.2, 0.25) is 10.0 Å². The number of hydrazine groups is 1. The maximum Gasteiger partial charge on any atom is 0.270 e. The van der Waals surface area contributed by atoms with Gasteiger partial charge in [0.15, 0.2) is 0 Å². The predicted octanol–water partition coefficient (Wildman–Crippen LogP) is 0.0361. The standard InChI is InChI=1S/C18H19N5O7S/c1-22(2)31(29,30)15-8-6-12(7-9-15)17(25)19-11-16(24)20-21-18(26)13-4-3-5-14(10-13)23(27)28/h3-10H,11H2,1-2H3,(H,19,25)(H,20,24)(H,21,26). The summed E-state index contributed by atoms with van der Waals surface area (Å²) in [5.41, 5.74) is 3.96. The van der Waals surface area contributed by atoms with E-state index in [4.69, 9.17) is 0 Å². The molecule has 0 spiro atoms. The van der Waals surface area contributed by atoms with Gasteiger partial charge in [-0.25, -0.2) is 12.7 Å². The van der Waals surface area contributed by atoms with Gasteiger partial charge in [0, 0.05) is 37.4 Å². The van der Waals surface area contributed by atoms with Crippen LogP contribution >= 0.6 is 0 Å².